The first kappa shape index (κ1) is 14.4. The maximum atomic E-state index is 4.53. The highest BCUT2D eigenvalue weighted by atomic mass is 15.0. The Morgan fingerprint density at radius 3 is 2.05 bits per heavy atom. The molecule has 1 saturated carbocycles. The molecule has 0 radical (unpaired) electrons. The third kappa shape index (κ3) is 2.50. The Balaban J connectivity index is 1.95. The van der Waals surface area contributed by atoms with Crippen LogP contribution in [0.25, 0.3) is 0 Å². The van der Waals surface area contributed by atoms with Gasteiger partial charge in [-0.2, -0.15) is 0 Å². The molecule has 0 saturated heterocycles. The fourth-order valence-electron chi connectivity index (χ4n) is 2.99. The van der Waals surface area contributed by atoms with Crippen LogP contribution < -0.4 is 5.32 Å². The van der Waals surface area contributed by atoms with Gasteiger partial charge in [0.05, 0.1) is 0 Å². The molecule has 2 nitrogen and oxygen atoms in total. The summed E-state index contributed by atoms with van der Waals surface area (Å²) < 4.78 is 0. The Morgan fingerprint density at radius 2 is 1.68 bits per heavy atom. The van der Waals surface area contributed by atoms with Gasteiger partial charge in [0.25, 0.3) is 0 Å². The topological polar surface area (TPSA) is 24.9 Å². The SMILES string of the molecule is CC(C)(C)c1ccc(NCC2C(C)(C)C2(C)C)nc1. The molecule has 0 aromatic carbocycles. The maximum Gasteiger partial charge on any atom is 0.125 e. The van der Waals surface area contributed by atoms with Crippen molar-refractivity contribution in [2.45, 2.75) is 53.9 Å². The highest BCUT2D eigenvalue weighted by molar-refractivity contribution is 5.38. The molecular formula is C17H28N2. The molecule has 1 aromatic rings. The normalized spacial score (nSPS) is 21.2. The number of hydrogen-bond acceptors (Lipinski definition) is 2. The molecule has 1 aliphatic rings. The first-order chi connectivity index (χ1) is 8.57. The predicted molar refractivity (Wildman–Crippen MR) is 82.5 cm³/mol. The van der Waals surface area contributed by atoms with Crippen LogP contribution in [-0.4, -0.2) is 11.5 Å². The minimum atomic E-state index is 0.173. The van der Waals surface area contributed by atoms with Gasteiger partial charge in [-0.3, -0.25) is 0 Å². The average Bonchev–Trinajstić information content (AvgIpc) is 2.66. The Labute approximate surface area is 118 Å². The van der Waals surface area contributed by atoms with Crippen LogP contribution >= 0.6 is 0 Å². The molecule has 0 spiro atoms. The summed E-state index contributed by atoms with van der Waals surface area (Å²) in [6.07, 6.45) is 1.99. The van der Waals surface area contributed by atoms with Crippen molar-refractivity contribution < 1.29 is 0 Å². The second kappa shape index (κ2) is 4.22. The molecule has 0 atom stereocenters. The fourth-order valence-corrected chi connectivity index (χ4v) is 2.99. The summed E-state index contributed by atoms with van der Waals surface area (Å²) in [4.78, 5) is 4.53. The molecule has 2 heteroatoms. The maximum absolute atomic E-state index is 4.53. The quantitative estimate of drug-likeness (QED) is 0.867. The number of anilines is 1. The van der Waals surface area contributed by atoms with E-state index < -0.39 is 0 Å². The first-order valence-corrected chi connectivity index (χ1v) is 7.27. The fraction of sp³-hybridized carbons (Fsp3) is 0.706. The van der Waals surface area contributed by atoms with Crippen LogP contribution in [0.15, 0.2) is 18.3 Å². The summed E-state index contributed by atoms with van der Waals surface area (Å²) in [7, 11) is 0. The Morgan fingerprint density at radius 1 is 1.11 bits per heavy atom. The molecule has 1 aliphatic carbocycles. The highest BCUT2D eigenvalue weighted by Gasteiger charge is 2.64. The van der Waals surface area contributed by atoms with Crippen LogP contribution in [-0.2, 0) is 5.41 Å². The third-order valence-electron chi connectivity index (χ3n) is 5.44. The van der Waals surface area contributed by atoms with E-state index >= 15 is 0 Å². The monoisotopic (exact) mass is 260 g/mol. The standard InChI is InChI=1S/C17H28N2/c1-15(2,3)12-8-9-14(18-10-12)19-11-13-16(4,5)17(13,6)7/h8-10,13H,11H2,1-7H3,(H,18,19). The zero-order chi connectivity index (χ0) is 14.5. The largest absolute Gasteiger partial charge is 0.370 e. The van der Waals surface area contributed by atoms with E-state index in [1.54, 1.807) is 0 Å². The number of hydrogen-bond donors (Lipinski definition) is 1. The molecule has 106 valence electrons. The van der Waals surface area contributed by atoms with Crippen LogP contribution in [0.4, 0.5) is 5.82 Å². The summed E-state index contributed by atoms with van der Waals surface area (Å²) >= 11 is 0. The van der Waals surface area contributed by atoms with Gasteiger partial charge in [-0.05, 0) is 33.8 Å². The van der Waals surface area contributed by atoms with Crippen molar-refractivity contribution in [3.63, 3.8) is 0 Å². The van der Waals surface area contributed by atoms with Gasteiger partial charge in [-0.25, -0.2) is 4.98 Å². The van der Waals surface area contributed by atoms with E-state index in [2.05, 4.69) is 70.9 Å². The van der Waals surface area contributed by atoms with Crippen LogP contribution in [0.1, 0.15) is 54.0 Å². The van der Waals surface area contributed by atoms with Gasteiger partial charge in [0, 0.05) is 12.7 Å². The van der Waals surface area contributed by atoms with Crippen molar-refractivity contribution in [2.75, 3.05) is 11.9 Å². The molecule has 0 aliphatic heterocycles. The van der Waals surface area contributed by atoms with Crippen molar-refractivity contribution in [2.24, 2.45) is 16.7 Å². The lowest BCUT2D eigenvalue weighted by Crippen LogP contribution is -2.13. The Bertz CT molecular complexity index is 435. The van der Waals surface area contributed by atoms with E-state index in [9.17, 15) is 0 Å². The van der Waals surface area contributed by atoms with E-state index in [1.165, 1.54) is 5.56 Å². The second-order valence-corrected chi connectivity index (χ2v) is 8.06. The average molecular weight is 260 g/mol. The van der Waals surface area contributed by atoms with Crippen molar-refractivity contribution in [3.05, 3.63) is 23.9 Å². The van der Waals surface area contributed by atoms with Gasteiger partial charge < -0.3 is 5.32 Å². The zero-order valence-electron chi connectivity index (χ0n) is 13.5. The molecule has 0 unspecified atom stereocenters. The molecule has 0 amide bonds. The minimum Gasteiger partial charge on any atom is -0.370 e. The number of nitrogens with zero attached hydrogens (tertiary/aromatic N) is 1. The van der Waals surface area contributed by atoms with Crippen LogP contribution in [0, 0.1) is 16.7 Å². The minimum absolute atomic E-state index is 0.173. The number of rotatable bonds is 3. The molecule has 2 rings (SSSR count). The zero-order valence-corrected chi connectivity index (χ0v) is 13.5. The molecule has 1 aromatic heterocycles. The molecule has 19 heavy (non-hydrogen) atoms. The van der Waals surface area contributed by atoms with E-state index in [0.717, 1.165) is 18.3 Å². The molecular weight excluding hydrogens is 232 g/mol. The van der Waals surface area contributed by atoms with Gasteiger partial charge in [0.1, 0.15) is 5.82 Å². The first-order valence-electron chi connectivity index (χ1n) is 7.27. The number of nitrogens with one attached hydrogen (secondary N) is 1. The Hall–Kier alpha value is -1.05. The number of aromatic nitrogens is 1. The van der Waals surface area contributed by atoms with Crippen molar-refractivity contribution in [1.29, 1.82) is 0 Å². The van der Waals surface area contributed by atoms with E-state index in [1.807, 2.05) is 6.20 Å². The van der Waals surface area contributed by atoms with Gasteiger partial charge in [0.15, 0.2) is 0 Å². The van der Waals surface area contributed by atoms with E-state index in [-0.39, 0.29) is 5.41 Å². The summed E-state index contributed by atoms with van der Waals surface area (Å²) in [5.41, 5.74) is 2.33. The van der Waals surface area contributed by atoms with E-state index in [4.69, 9.17) is 0 Å². The molecule has 1 fully saturated rings. The highest BCUT2D eigenvalue weighted by Crippen LogP contribution is 2.68. The van der Waals surface area contributed by atoms with Crippen LogP contribution in [0.5, 0.6) is 0 Å². The summed E-state index contributed by atoms with van der Waals surface area (Å²) in [6.45, 7) is 17.1. The lowest BCUT2D eigenvalue weighted by Gasteiger charge is -2.18. The number of pyridine rings is 1. The Kier molecular flexibility index (Phi) is 3.19. The van der Waals surface area contributed by atoms with Gasteiger partial charge in [0.2, 0.25) is 0 Å². The van der Waals surface area contributed by atoms with Crippen molar-refractivity contribution in [1.82, 2.24) is 4.98 Å². The lowest BCUT2D eigenvalue weighted by molar-refractivity contribution is 0.457. The summed E-state index contributed by atoms with van der Waals surface area (Å²) in [6, 6.07) is 4.28. The summed E-state index contributed by atoms with van der Waals surface area (Å²) in [5.74, 6) is 1.72. The predicted octanol–water partition coefficient (Wildman–Crippen LogP) is 4.47. The van der Waals surface area contributed by atoms with Gasteiger partial charge >= 0.3 is 0 Å². The van der Waals surface area contributed by atoms with Gasteiger partial charge in [-0.1, -0.05) is 54.5 Å². The smallest absolute Gasteiger partial charge is 0.125 e. The van der Waals surface area contributed by atoms with E-state index in [0.29, 0.717) is 10.8 Å². The molecule has 0 bridgehead atoms. The lowest BCUT2D eigenvalue weighted by atomic mass is 9.88. The molecule has 1 N–H and O–H groups in total. The van der Waals surface area contributed by atoms with Crippen molar-refractivity contribution >= 4 is 5.82 Å². The van der Waals surface area contributed by atoms with Gasteiger partial charge in [-0.15, -0.1) is 0 Å². The second-order valence-electron chi connectivity index (χ2n) is 8.06. The molecule has 1 heterocycles. The summed E-state index contributed by atoms with van der Waals surface area (Å²) in [5, 5.41) is 3.49. The van der Waals surface area contributed by atoms with Crippen LogP contribution in [0.2, 0.25) is 0 Å². The van der Waals surface area contributed by atoms with Crippen molar-refractivity contribution in [3.8, 4) is 0 Å². The third-order valence-corrected chi connectivity index (χ3v) is 5.44. The van der Waals surface area contributed by atoms with Crippen LogP contribution in [0.3, 0.4) is 0 Å².